The van der Waals surface area contributed by atoms with Gasteiger partial charge in [-0.1, -0.05) is 46.8 Å². The summed E-state index contributed by atoms with van der Waals surface area (Å²) in [4.78, 5) is 66.4. The summed E-state index contributed by atoms with van der Waals surface area (Å²) in [6.07, 6.45) is 0.781. The van der Waals surface area contributed by atoms with Gasteiger partial charge in [-0.15, -0.1) is 0 Å². The number of benzene rings is 1. The van der Waals surface area contributed by atoms with Crippen molar-refractivity contribution in [2.45, 2.75) is 91.7 Å². The lowest BCUT2D eigenvalue weighted by Gasteiger charge is -2.38. The monoisotopic (exact) mass is 713 g/mol. The summed E-state index contributed by atoms with van der Waals surface area (Å²) in [5.74, 6) is -10.8. The minimum absolute atomic E-state index is 0.0210. The largest absolute Gasteiger partial charge is 0.507 e. The molecule has 5 N–H and O–H groups in total. The third-order valence-corrected chi connectivity index (χ3v) is 10.2. The number of amides is 1. The molecule has 1 aromatic rings. The first-order valence-electron chi connectivity index (χ1n) is 16.8. The highest BCUT2D eigenvalue weighted by molar-refractivity contribution is 6.30. The van der Waals surface area contributed by atoms with Crippen LogP contribution >= 0.6 is 0 Å². The topological polar surface area (TPSA) is 215 Å². The van der Waals surface area contributed by atoms with E-state index in [1.165, 1.54) is 53.0 Å². The second-order valence-electron chi connectivity index (χ2n) is 13.8. The van der Waals surface area contributed by atoms with Gasteiger partial charge in [0.2, 0.25) is 11.7 Å². The molecule has 0 saturated carbocycles. The van der Waals surface area contributed by atoms with Crippen LogP contribution in [-0.2, 0) is 23.8 Å². The maximum Gasteiger partial charge on any atom is 0.312 e. The summed E-state index contributed by atoms with van der Waals surface area (Å²) in [6, 6.07) is 0. The molecule has 51 heavy (non-hydrogen) atoms. The smallest absolute Gasteiger partial charge is 0.312 e. The maximum absolute atomic E-state index is 13.9. The van der Waals surface area contributed by atoms with Crippen molar-refractivity contribution in [3.8, 4) is 11.5 Å². The van der Waals surface area contributed by atoms with Crippen molar-refractivity contribution in [1.29, 1.82) is 0 Å². The fourth-order valence-electron chi connectivity index (χ4n) is 6.81. The Balaban J connectivity index is 1.82. The molecule has 0 radical (unpaired) electrons. The number of esters is 1. The van der Waals surface area contributed by atoms with Gasteiger partial charge in [0.05, 0.1) is 59.0 Å². The number of hydrogen-bond acceptors (Lipinski definition) is 13. The average Bonchev–Trinajstić information content (AvgIpc) is 3.35. The van der Waals surface area contributed by atoms with Crippen molar-refractivity contribution >= 4 is 29.2 Å². The first-order valence-corrected chi connectivity index (χ1v) is 16.8. The number of phenols is 1. The van der Waals surface area contributed by atoms with Crippen molar-refractivity contribution in [1.82, 2.24) is 5.32 Å². The highest BCUT2D eigenvalue weighted by Gasteiger charge is 2.51. The summed E-state index contributed by atoms with van der Waals surface area (Å²) in [5, 5.41) is 46.9. The quantitative estimate of drug-likeness (QED) is 0.220. The van der Waals surface area contributed by atoms with E-state index < -0.39 is 118 Å². The summed E-state index contributed by atoms with van der Waals surface area (Å²) < 4.78 is 23.0. The van der Waals surface area contributed by atoms with Crippen LogP contribution in [0.4, 0.5) is 0 Å². The molecule has 14 heteroatoms. The fourth-order valence-corrected chi connectivity index (χ4v) is 6.81. The fraction of sp³-hybridized carbons (Fsp3) is 0.541. The summed E-state index contributed by atoms with van der Waals surface area (Å²) in [6.45, 7) is 12.0. The lowest BCUT2D eigenvalue weighted by atomic mass is 9.78. The number of fused-ring (bicyclic) bond motifs is 15. The Bertz CT molecular complexity index is 1690. The number of aliphatic hydroxyl groups excluding tert-OH is 3. The molecular weight excluding hydrogens is 666 g/mol. The molecule has 0 fully saturated rings. The van der Waals surface area contributed by atoms with E-state index in [0.29, 0.717) is 0 Å². The zero-order valence-electron chi connectivity index (χ0n) is 30.1. The number of Topliss-reactive ketones (excluding diaryl/α,β-unsaturated/α-hetero) is 2. The molecule has 3 heterocycles. The maximum atomic E-state index is 13.9. The van der Waals surface area contributed by atoms with Gasteiger partial charge >= 0.3 is 11.8 Å². The van der Waals surface area contributed by atoms with E-state index >= 15 is 0 Å². The molecule has 0 spiro atoms. The first-order chi connectivity index (χ1) is 23.8. The van der Waals surface area contributed by atoms with Crippen LogP contribution in [0.2, 0.25) is 0 Å². The Morgan fingerprint density at radius 2 is 1.55 bits per heavy atom. The van der Waals surface area contributed by atoms with Gasteiger partial charge in [0.1, 0.15) is 17.6 Å². The van der Waals surface area contributed by atoms with E-state index in [-0.39, 0.29) is 16.9 Å². The zero-order chi connectivity index (χ0) is 38.3. The number of methoxy groups -OCH3 is 1. The van der Waals surface area contributed by atoms with Crippen LogP contribution in [0.5, 0.6) is 11.5 Å². The Labute approximate surface area is 296 Å². The molecule has 11 atom stereocenters. The van der Waals surface area contributed by atoms with E-state index in [4.69, 9.17) is 18.9 Å². The van der Waals surface area contributed by atoms with Crippen LogP contribution in [0.3, 0.4) is 0 Å². The lowest BCUT2D eigenvalue weighted by Crippen LogP contribution is -2.46. The number of ketones is 3. The van der Waals surface area contributed by atoms with Crippen molar-refractivity contribution < 1.29 is 63.3 Å². The molecular formula is C37H47NO13. The molecule has 11 unspecified atom stereocenters. The van der Waals surface area contributed by atoms with Crippen molar-refractivity contribution in [3.05, 3.63) is 58.5 Å². The van der Waals surface area contributed by atoms with Crippen LogP contribution < -0.4 is 10.1 Å². The second-order valence-corrected chi connectivity index (χ2v) is 13.8. The number of rotatable bonds is 2. The summed E-state index contributed by atoms with van der Waals surface area (Å²) >= 11 is 0. The number of aromatic hydroxyl groups is 1. The average molecular weight is 714 g/mol. The molecule has 0 saturated heterocycles. The van der Waals surface area contributed by atoms with Crippen LogP contribution in [0.25, 0.3) is 0 Å². The van der Waals surface area contributed by atoms with Gasteiger partial charge in [-0.05, 0) is 13.0 Å². The number of phenolic OH excluding ortho intramolecular Hbond substituents is 1. The van der Waals surface area contributed by atoms with Crippen molar-refractivity contribution in [2.75, 3.05) is 7.11 Å². The molecule has 5 bridgehead atoms. The highest BCUT2D eigenvalue weighted by Crippen LogP contribution is 2.48. The standard InChI is InChI=1S/C37H47NO13/c1-15-10-11-23(40)16(2)36(47)38-22-14-24(41)26-27(32(22)45)31(44)20(6)34-28(26)35(46)37(8,51-34)49-13-12-25(48-9)17(3)33(50-21(7)39)19(5)30(43)18(4)29(15)42/h10-19,23,25,29-30,33,40,42-44H,1-9H3,(H,38,47)/b11-10+,13-12+. The minimum atomic E-state index is -2.05. The molecule has 1 amide bonds. The van der Waals surface area contributed by atoms with Gasteiger partial charge in [-0.2, -0.15) is 0 Å². The molecule has 3 aliphatic heterocycles. The summed E-state index contributed by atoms with van der Waals surface area (Å²) in [7, 11) is 1.40. The van der Waals surface area contributed by atoms with Gasteiger partial charge in [0.25, 0.3) is 5.78 Å². The summed E-state index contributed by atoms with van der Waals surface area (Å²) in [5.41, 5.74) is -1.67. The molecule has 278 valence electrons. The third kappa shape index (κ3) is 7.36. The SMILES string of the molecule is COC1/C=C/OC2(C)Oc3c(C)c(O)c4c(c3C2=O)C(=O)C=C(NC(=O)C(C)C(O)/C=C/C(C)C(O)C(C)C(O)C(C)C(OC(C)=O)C1C)C4=O. The number of carbonyl (C=O) groups is 5. The van der Waals surface area contributed by atoms with Crippen LogP contribution in [0, 0.1) is 36.5 Å². The minimum Gasteiger partial charge on any atom is -0.507 e. The van der Waals surface area contributed by atoms with Gasteiger partial charge in [-0.3, -0.25) is 24.0 Å². The zero-order valence-corrected chi connectivity index (χ0v) is 30.1. The Hall–Kier alpha value is -4.37. The normalized spacial score (nSPS) is 36.0. The molecule has 1 aromatic carbocycles. The Morgan fingerprint density at radius 3 is 2.16 bits per heavy atom. The number of allylic oxidation sites excluding steroid dienone is 2. The number of carbonyl (C=O) groups excluding carboxylic acids is 5. The molecule has 5 rings (SSSR count). The number of ether oxygens (including phenoxy) is 4. The van der Waals surface area contributed by atoms with E-state index in [0.717, 1.165) is 12.3 Å². The molecule has 14 nitrogen and oxygen atoms in total. The third-order valence-electron chi connectivity index (χ3n) is 10.2. The van der Waals surface area contributed by atoms with E-state index in [9.17, 15) is 44.4 Å². The van der Waals surface area contributed by atoms with Gasteiger partial charge in [-0.25, -0.2) is 0 Å². The number of nitrogens with one attached hydrogen (secondary N) is 1. The molecule has 0 aromatic heterocycles. The van der Waals surface area contributed by atoms with Crippen molar-refractivity contribution in [2.24, 2.45) is 29.6 Å². The predicted molar refractivity (Wildman–Crippen MR) is 181 cm³/mol. The van der Waals surface area contributed by atoms with E-state index in [1.807, 2.05) is 0 Å². The van der Waals surface area contributed by atoms with Crippen molar-refractivity contribution in [3.63, 3.8) is 0 Å². The second kappa shape index (κ2) is 15.1. The molecule has 1 aliphatic carbocycles. The van der Waals surface area contributed by atoms with E-state index in [1.54, 1.807) is 27.7 Å². The van der Waals surface area contributed by atoms with Crippen LogP contribution in [-0.4, -0.2) is 93.1 Å². The Morgan fingerprint density at radius 1 is 0.902 bits per heavy atom. The molecule has 4 aliphatic rings. The van der Waals surface area contributed by atoms with Crippen LogP contribution in [0.15, 0.2) is 36.3 Å². The first kappa shape index (κ1) is 39.4. The predicted octanol–water partition coefficient (Wildman–Crippen LogP) is 2.68. The van der Waals surface area contributed by atoms with Gasteiger partial charge < -0.3 is 44.7 Å². The van der Waals surface area contributed by atoms with Gasteiger partial charge in [0, 0.05) is 56.3 Å². The van der Waals surface area contributed by atoms with Gasteiger partial charge in [0.15, 0.2) is 5.78 Å². The Kier molecular flexibility index (Phi) is 11.7. The van der Waals surface area contributed by atoms with Crippen LogP contribution in [0.1, 0.15) is 85.1 Å². The van der Waals surface area contributed by atoms with E-state index in [2.05, 4.69) is 5.32 Å². The number of hydrogen-bond donors (Lipinski definition) is 5. The highest BCUT2D eigenvalue weighted by atomic mass is 16.7. The lowest BCUT2D eigenvalue weighted by molar-refractivity contribution is -0.160. The number of aliphatic hydroxyl groups is 3.